The molecule has 0 saturated carbocycles. The van der Waals surface area contributed by atoms with Crippen molar-refractivity contribution in [2.24, 2.45) is 0 Å². The molecule has 2 rings (SSSR count). The number of hydrogen-bond acceptors (Lipinski definition) is 2. The molecule has 1 aromatic heterocycles. The van der Waals surface area contributed by atoms with Gasteiger partial charge in [0.15, 0.2) is 0 Å². The molecule has 2 amide bonds. The number of carbonyl (C=O) groups excluding carboxylic acids is 1. The highest BCUT2D eigenvalue weighted by Gasteiger charge is 2.24. The third kappa shape index (κ3) is 2.49. The van der Waals surface area contributed by atoms with E-state index in [1.165, 1.54) is 5.69 Å². The molecule has 0 saturated heterocycles. The number of aromatic nitrogens is 2. The van der Waals surface area contributed by atoms with Gasteiger partial charge in [-0.05, 0) is 20.3 Å². The van der Waals surface area contributed by atoms with Gasteiger partial charge in [0, 0.05) is 25.6 Å². The molecule has 5 heteroatoms. The molecule has 1 N–H and O–H groups in total. The van der Waals surface area contributed by atoms with Crippen LogP contribution in [0.3, 0.4) is 0 Å². The zero-order valence-corrected chi connectivity index (χ0v) is 11.4. The van der Waals surface area contributed by atoms with Gasteiger partial charge in [0.1, 0.15) is 0 Å². The van der Waals surface area contributed by atoms with Gasteiger partial charge in [0.25, 0.3) is 0 Å². The summed E-state index contributed by atoms with van der Waals surface area (Å²) in [5.74, 6) is 0. The van der Waals surface area contributed by atoms with Crippen molar-refractivity contribution in [3.05, 3.63) is 17.7 Å². The Morgan fingerprint density at radius 1 is 1.56 bits per heavy atom. The van der Waals surface area contributed by atoms with E-state index in [0.717, 1.165) is 31.6 Å². The molecule has 18 heavy (non-hydrogen) atoms. The van der Waals surface area contributed by atoms with Crippen LogP contribution in [0.25, 0.3) is 0 Å². The fourth-order valence-corrected chi connectivity index (χ4v) is 2.27. The van der Waals surface area contributed by atoms with Crippen molar-refractivity contribution in [2.45, 2.75) is 46.2 Å². The first-order valence-corrected chi connectivity index (χ1v) is 6.70. The smallest absolute Gasteiger partial charge is 0.317 e. The van der Waals surface area contributed by atoms with Crippen molar-refractivity contribution in [2.75, 3.05) is 13.1 Å². The maximum Gasteiger partial charge on any atom is 0.317 e. The van der Waals surface area contributed by atoms with E-state index in [2.05, 4.69) is 35.6 Å². The number of fused-ring (bicyclic) bond motifs is 1. The van der Waals surface area contributed by atoms with E-state index in [1.807, 2.05) is 11.2 Å². The number of rotatable bonds is 3. The molecule has 2 heterocycles. The van der Waals surface area contributed by atoms with Gasteiger partial charge < -0.3 is 14.8 Å². The Kier molecular flexibility index (Phi) is 3.89. The van der Waals surface area contributed by atoms with Crippen molar-refractivity contribution in [1.29, 1.82) is 0 Å². The molecule has 0 aromatic carbocycles. The Labute approximate surface area is 108 Å². The lowest BCUT2D eigenvalue weighted by Gasteiger charge is -2.28. The molecule has 0 spiro atoms. The van der Waals surface area contributed by atoms with Crippen LogP contribution < -0.4 is 5.32 Å². The fraction of sp³-hybridized carbons (Fsp3) is 0.692. The van der Waals surface area contributed by atoms with E-state index < -0.39 is 0 Å². The standard InChI is InChI=1S/C13H22N4O/c1-4-6-14-13(18)16-7-5-11-12(8-16)17(9-15-11)10(2)3/h9-10H,4-8H2,1-3H3,(H,14,18). The minimum absolute atomic E-state index is 0.0407. The van der Waals surface area contributed by atoms with E-state index >= 15 is 0 Å². The Morgan fingerprint density at radius 2 is 2.33 bits per heavy atom. The number of amides is 2. The minimum atomic E-state index is 0.0407. The molecule has 0 radical (unpaired) electrons. The van der Waals surface area contributed by atoms with E-state index in [9.17, 15) is 4.79 Å². The van der Waals surface area contributed by atoms with Crippen molar-refractivity contribution in [3.63, 3.8) is 0 Å². The summed E-state index contributed by atoms with van der Waals surface area (Å²) in [6, 6.07) is 0.430. The average Bonchev–Trinajstić information content (AvgIpc) is 2.78. The normalized spacial score (nSPS) is 14.8. The largest absolute Gasteiger partial charge is 0.338 e. The molecule has 0 aliphatic carbocycles. The van der Waals surface area contributed by atoms with Gasteiger partial charge in [-0.25, -0.2) is 9.78 Å². The van der Waals surface area contributed by atoms with Crippen LogP contribution in [-0.4, -0.2) is 33.6 Å². The summed E-state index contributed by atoms with van der Waals surface area (Å²) < 4.78 is 2.16. The van der Waals surface area contributed by atoms with Gasteiger partial charge in [0.2, 0.25) is 0 Å². The van der Waals surface area contributed by atoms with Gasteiger partial charge in [0.05, 0.1) is 24.3 Å². The Bertz CT molecular complexity index is 425. The van der Waals surface area contributed by atoms with Gasteiger partial charge in [-0.1, -0.05) is 6.92 Å². The van der Waals surface area contributed by atoms with Crippen LogP contribution in [0.2, 0.25) is 0 Å². The predicted molar refractivity (Wildman–Crippen MR) is 70.4 cm³/mol. The van der Waals surface area contributed by atoms with Gasteiger partial charge in [-0.3, -0.25) is 0 Å². The van der Waals surface area contributed by atoms with Crippen LogP contribution in [0.4, 0.5) is 4.79 Å². The molecular formula is C13H22N4O. The molecule has 1 aromatic rings. The lowest BCUT2D eigenvalue weighted by molar-refractivity contribution is 0.190. The first-order valence-electron chi connectivity index (χ1n) is 6.70. The Balaban J connectivity index is 2.08. The van der Waals surface area contributed by atoms with Crippen LogP contribution in [-0.2, 0) is 13.0 Å². The molecule has 0 unspecified atom stereocenters. The van der Waals surface area contributed by atoms with E-state index in [-0.39, 0.29) is 6.03 Å². The second-order valence-electron chi connectivity index (χ2n) is 5.04. The highest BCUT2D eigenvalue weighted by molar-refractivity contribution is 5.74. The summed E-state index contributed by atoms with van der Waals surface area (Å²) >= 11 is 0. The lowest BCUT2D eigenvalue weighted by Crippen LogP contribution is -2.43. The highest BCUT2D eigenvalue weighted by atomic mass is 16.2. The Morgan fingerprint density at radius 3 is 3.00 bits per heavy atom. The van der Waals surface area contributed by atoms with Crippen LogP contribution in [0, 0.1) is 0 Å². The van der Waals surface area contributed by atoms with Crippen molar-refractivity contribution in [3.8, 4) is 0 Å². The monoisotopic (exact) mass is 250 g/mol. The van der Waals surface area contributed by atoms with Crippen LogP contribution in [0.5, 0.6) is 0 Å². The van der Waals surface area contributed by atoms with Gasteiger partial charge in [-0.2, -0.15) is 0 Å². The third-order valence-electron chi connectivity index (χ3n) is 3.31. The van der Waals surface area contributed by atoms with Crippen molar-refractivity contribution in [1.82, 2.24) is 19.8 Å². The minimum Gasteiger partial charge on any atom is -0.338 e. The number of hydrogen-bond donors (Lipinski definition) is 1. The molecule has 100 valence electrons. The molecule has 0 bridgehead atoms. The fourth-order valence-electron chi connectivity index (χ4n) is 2.27. The molecule has 0 atom stereocenters. The molecule has 0 fully saturated rings. The second-order valence-corrected chi connectivity index (χ2v) is 5.04. The van der Waals surface area contributed by atoms with E-state index in [0.29, 0.717) is 12.6 Å². The first kappa shape index (κ1) is 12.9. The zero-order valence-electron chi connectivity index (χ0n) is 11.4. The Hall–Kier alpha value is -1.52. The van der Waals surface area contributed by atoms with Crippen LogP contribution >= 0.6 is 0 Å². The van der Waals surface area contributed by atoms with Crippen LogP contribution in [0.15, 0.2) is 6.33 Å². The van der Waals surface area contributed by atoms with Gasteiger partial charge in [-0.15, -0.1) is 0 Å². The second kappa shape index (κ2) is 5.42. The third-order valence-corrected chi connectivity index (χ3v) is 3.31. The van der Waals surface area contributed by atoms with E-state index in [4.69, 9.17) is 0 Å². The SMILES string of the molecule is CCCNC(=O)N1CCc2ncn(C(C)C)c2C1. The average molecular weight is 250 g/mol. The number of imidazole rings is 1. The number of nitrogens with zero attached hydrogens (tertiary/aromatic N) is 3. The summed E-state index contributed by atoms with van der Waals surface area (Å²) in [4.78, 5) is 18.3. The van der Waals surface area contributed by atoms with Crippen LogP contribution in [0.1, 0.15) is 44.6 Å². The summed E-state index contributed by atoms with van der Waals surface area (Å²) in [6.45, 7) is 8.50. The summed E-state index contributed by atoms with van der Waals surface area (Å²) in [5.41, 5.74) is 2.33. The lowest BCUT2D eigenvalue weighted by atomic mass is 10.1. The topological polar surface area (TPSA) is 50.2 Å². The quantitative estimate of drug-likeness (QED) is 0.891. The van der Waals surface area contributed by atoms with Gasteiger partial charge >= 0.3 is 6.03 Å². The van der Waals surface area contributed by atoms with Crippen molar-refractivity contribution < 1.29 is 4.79 Å². The highest BCUT2D eigenvalue weighted by Crippen LogP contribution is 2.21. The molecule has 1 aliphatic rings. The summed E-state index contributed by atoms with van der Waals surface area (Å²) in [6.07, 6.45) is 3.71. The predicted octanol–water partition coefficient (Wildman–Crippen LogP) is 1.94. The first-order chi connectivity index (χ1) is 8.63. The number of urea groups is 1. The summed E-state index contributed by atoms with van der Waals surface area (Å²) in [7, 11) is 0. The maximum absolute atomic E-state index is 12.0. The molecular weight excluding hydrogens is 228 g/mol. The zero-order chi connectivity index (χ0) is 13.1. The molecule has 5 nitrogen and oxygen atoms in total. The number of nitrogens with one attached hydrogen (secondary N) is 1. The number of carbonyl (C=O) groups is 1. The summed E-state index contributed by atoms with van der Waals surface area (Å²) in [5, 5.41) is 2.93. The van der Waals surface area contributed by atoms with Crippen molar-refractivity contribution >= 4 is 6.03 Å². The molecule has 1 aliphatic heterocycles. The maximum atomic E-state index is 12.0. The van der Waals surface area contributed by atoms with E-state index in [1.54, 1.807) is 0 Å².